The van der Waals surface area contributed by atoms with Crippen molar-refractivity contribution in [2.75, 3.05) is 0 Å². The van der Waals surface area contributed by atoms with Gasteiger partial charge in [0, 0.05) is 6.20 Å². The molecule has 0 radical (unpaired) electrons. The molecule has 1 N–H and O–H groups in total. The summed E-state index contributed by atoms with van der Waals surface area (Å²) < 4.78 is 0. The van der Waals surface area contributed by atoms with Gasteiger partial charge >= 0.3 is 0 Å². The van der Waals surface area contributed by atoms with E-state index in [0.717, 1.165) is 10.4 Å². The molecule has 0 bridgehead atoms. The van der Waals surface area contributed by atoms with Crippen LogP contribution in [0.15, 0.2) is 36.0 Å². The maximum Gasteiger partial charge on any atom is 0.115 e. The van der Waals surface area contributed by atoms with E-state index in [0.29, 0.717) is 0 Å². The Morgan fingerprint density at radius 2 is 1.82 bits per heavy atom. The summed E-state index contributed by atoms with van der Waals surface area (Å²) in [5, 5.41) is 10.1. The van der Waals surface area contributed by atoms with Crippen molar-refractivity contribution in [1.29, 1.82) is 0 Å². The molecule has 1 aromatic heterocycles. The lowest BCUT2D eigenvalue weighted by Crippen LogP contribution is -2.11. The highest BCUT2D eigenvalue weighted by atomic mass is 32.1. The van der Waals surface area contributed by atoms with Crippen LogP contribution < -0.4 is 0 Å². The first-order valence-corrected chi connectivity index (χ1v) is 6.53. The van der Waals surface area contributed by atoms with Gasteiger partial charge in [-0.2, -0.15) is 0 Å². The minimum Gasteiger partial charge on any atom is -0.383 e. The number of hydrogen-bond donors (Lipinski definition) is 1. The van der Waals surface area contributed by atoms with Crippen molar-refractivity contribution in [3.05, 3.63) is 52.0 Å². The van der Waals surface area contributed by atoms with Crippen molar-refractivity contribution < 1.29 is 5.11 Å². The third-order valence-electron chi connectivity index (χ3n) is 2.81. The van der Waals surface area contributed by atoms with Crippen molar-refractivity contribution in [3.63, 3.8) is 0 Å². The first-order valence-electron chi connectivity index (χ1n) is 5.65. The van der Waals surface area contributed by atoms with Gasteiger partial charge in [-0.3, -0.25) is 4.98 Å². The van der Waals surface area contributed by atoms with E-state index in [1.807, 2.05) is 12.1 Å². The highest BCUT2D eigenvalue weighted by molar-refractivity contribution is 7.09. The summed E-state index contributed by atoms with van der Waals surface area (Å²) in [4.78, 5) is 4.87. The van der Waals surface area contributed by atoms with Crippen LogP contribution in [0.4, 0.5) is 0 Å². The normalized spacial score (nSPS) is 13.6. The molecule has 1 atom stereocenters. The Morgan fingerprint density at radius 3 is 2.29 bits per heavy atom. The zero-order valence-corrected chi connectivity index (χ0v) is 11.2. The third-order valence-corrected chi connectivity index (χ3v) is 3.64. The number of aliphatic hydroxyl groups is 1. The number of hydrogen-bond acceptors (Lipinski definition) is 3. The van der Waals surface area contributed by atoms with Crippen molar-refractivity contribution in [2.45, 2.75) is 32.3 Å². The van der Waals surface area contributed by atoms with Crippen LogP contribution in [-0.2, 0) is 5.41 Å². The zero-order valence-electron chi connectivity index (χ0n) is 10.3. The Morgan fingerprint density at radius 1 is 1.18 bits per heavy atom. The van der Waals surface area contributed by atoms with Crippen molar-refractivity contribution >= 4 is 11.3 Å². The summed E-state index contributed by atoms with van der Waals surface area (Å²) in [6, 6.07) is 8.15. The highest BCUT2D eigenvalue weighted by Crippen LogP contribution is 2.27. The molecule has 1 aromatic carbocycles. The van der Waals surface area contributed by atoms with Crippen LogP contribution in [0, 0.1) is 0 Å². The molecular weight excluding hydrogens is 230 g/mol. The second kappa shape index (κ2) is 4.59. The monoisotopic (exact) mass is 247 g/mol. The van der Waals surface area contributed by atoms with E-state index >= 15 is 0 Å². The minimum atomic E-state index is -0.559. The van der Waals surface area contributed by atoms with E-state index in [1.54, 1.807) is 11.7 Å². The number of rotatable bonds is 2. The van der Waals surface area contributed by atoms with Crippen LogP contribution in [0.1, 0.15) is 42.9 Å². The van der Waals surface area contributed by atoms with Crippen LogP contribution in [0.5, 0.6) is 0 Å². The Labute approximate surface area is 106 Å². The fourth-order valence-corrected chi connectivity index (χ4v) is 2.32. The molecule has 0 spiro atoms. The first kappa shape index (κ1) is 12.3. The summed E-state index contributed by atoms with van der Waals surface area (Å²) in [5.41, 5.74) is 4.08. The number of aromatic nitrogens is 1. The quantitative estimate of drug-likeness (QED) is 0.880. The standard InChI is InChI=1S/C14H17NOS/c1-14(2,3)11-6-4-10(5-7-11)13(16)12-8-15-9-17-12/h4-9,13,16H,1-3H3. The number of thiazole rings is 1. The Kier molecular flexibility index (Phi) is 3.31. The SMILES string of the molecule is CC(C)(C)c1ccc(C(O)c2cncs2)cc1. The largest absolute Gasteiger partial charge is 0.383 e. The fraction of sp³-hybridized carbons (Fsp3) is 0.357. The predicted molar refractivity (Wildman–Crippen MR) is 71.3 cm³/mol. The fourth-order valence-electron chi connectivity index (χ4n) is 1.69. The maximum absolute atomic E-state index is 10.1. The number of aliphatic hydroxyl groups excluding tert-OH is 1. The number of nitrogens with zero attached hydrogens (tertiary/aromatic N) is 1. The summed E-state index contributed by atoms with van der Waals surface area (Å²) in [7, 11) is 0. The van der Waals surface area contributed by atoms with Gasteiger partial charge in [0.25, 0.3) is 0 Å². The summed E-state index contributed by atoms with van der Waals surface area (Å²) >= 11 is 1.47. The molecule has 0 aliphatic heterocycles. The smallest absolute Gasteiger partial charge is 0.115 e. The summed E-state index contributed by atoms with van der Waals surface area (Å²) in [6.07, 6.45) is 1.16. The topological polar surface area (TPSA) is 33.1 Å². The molecule has 0 aliphatic carbocycles. The summed E-state index contributed by atoms with van der Waals surface area (Å²) in [5.74, 6) is 0. The Bertz CT molecular complexity index is 468. The molecule has 90 valence electrons. The molecule has 0 fully saturated rings. The van der Waals surface area contributed by atoms with Gasteiger partial charge in [0.05, 0.1) is 10.4 Å². The average Bonchev–Trinajstić information content (AvgIpc) is 2.80. The molecule has 1 heterocycles. The molecule has 0 amide bonds. The Balaban J connectivity index is 2.24. The van der Waals surface area contributed by atoms with Crippen LogP contribution in [0.25, 0.3) is 0 Å². The molecule has 2 rings (SSSR count). The van der Waals surface area contributed by atoms with Gasteiger partial charge in [0.1, 0.15) is 6.10 Å². The van der Waals surface area contributed by atoms with Crippen LogP contribution >= 0.6 is 11.3 Å². The van der Waals surface area contributed by atoms with Crippen molar-refractivity contribution in [3.8, 4) is 0 Å². The van der Waals surface area contributed by atoms with Gasteiger partial charge in [0.15, 0.2) is 0 Å². The molecule has 17 heavy (non-hydrogen) atoms. The molecule has 0 aliphatic rings. The van der Waals surface area contributed by atoms with Gasteiger partial charge in [-0.1, -0.05) is 45.0 Å². The lowest BCUT2D eigenvalue weighted by atomic mass is 9.86. The Hall–Kier alpha value is -1.19. The molecule has 1 unspecified atom stereocenters. The predicted octanol–water partition coefficient (Wildman–Crippen LogP) is 3.52. The van der Waals surface area contributed by atoms with Crippen molar-refractivity contribution in [1.82, 2.24) is 4.98 Å². The van der Waals surface area contributed by atoms with E-state index in [4.69, 9.17) is 0 Å². The lowest BCUT2D eigenvalue weighted by Gasteiger charge is -2.19. The molecule has 2 nitrogen and oxygen atoms in total. The van der Waals surface area contributed by atoms with Crippen LogP contribution in [0.3, 0.4) is 0 Å². The second-order valence-electron chi connectivity index (χ2n) is 5.18. The zero-order chi connectivity index (χ0) is 12.5. The maximum atomic E-state index is 10.1. The first-order chi connectivity index (χ1) is 7.98. The molecule has 3 heteroatoms. The third kappa shape index (κ3) is 2.73. The van der Waals surface area contributed by atoms with Crippen LogP contribution in [-0.4, -0.2) is 10.1 Å². The van der Waals surface area contributed by atoms with E-state index in [2.05, 4.69) is 37.9 Å². The molecule has 0 saturated heterocycles. The van der Waals surface area contributed by atoms with E-state index in [-0.39, 0.29) is 5.41 Å². The van der Waals surface area contributed by atoms with E-state index < -0.39 is 6.10 Å². The van der Waals surface area contributed by atoms with Gasteiger partial charge < -0.3 is 5.11 Å². The van der Waals surface area contributed by atoms with Crippen molar-refractivity contribution in [2.24, 2.45) is 0 Å². The van der Waals surface area contributed by atoms with E-state index in [1.165, 1.54) is 16.9 Å². The van der Waals surface area contributed by atoms with Gasteiger partial charge in [-0.15, -0.1) is 11.3 Å². The summed E-state index contributed by atoms with van der Waals surface area (Å²) in [6.45, 7) is 6.55. The van der Waals surface area contributed by atoms with Crippen LogP contribution in [0.2, 0.25) is 0 Å². The average molecular weight is 247 g/mol. The molecule has 0 saturated carbocycles. The van der Waals surface area contributed by atoms with Gasteiger partial charge in [-0.05, 0) is 16.5 Å². The molecule has 2 aromatic rings. The minimum absolute atomic E-state index is 0.147. The lowest BCUT2D eigenvalue weighted by molar-refractivity contribution is 0.224. The van der Waals surface area contributed by atoms with E-state index in [9.17, 15) is 5.11 Å². The molecular formula is C14H17NOS. The number of benzene rings is 1. The highest BCUT2D eigenvalue weighted by Gasteiger charge is 2.15. The van der Waals surface area contributed by atoms with Gasteiger partial charge in [0.2, 0.25) is 0 Å². The van der Waals surface area contributed by atoms with Gasteiger partial charge in [-0.25, -0.2) is 0 Å². The second-order valence-corrected chi connectivity index (χ2v) is 6.10.